The minimum Gasteiger partial charge on any atom is -0.477 e. The number of carbonyl (C=O) groups is 4. The quantitative estimate of drug-likeness (QED) is 0.241. The number of thioether (sulfide) groups is 1. The number of hydrogen-bond acceptors (Lipinski definition) is 10. The van der Waals surface area contributed by atoms with Gasteiger partial charge in [0.15, 0.2) is 5.76 Å². The number of hydrogen-bond donors (Lipinski definition) is 3. The first-order valence-electron chi connectivity index (χ1n) is 10.9. The molecule has 14 heteroatoms. The van der Waals surface area contributed by atoms with Crippen molar-refractivity contribution in [3.63, 3.8) is 0 Å². The second kappa shape index (κ2) is 13.0. The number of ether oxygens (including phenoxy) is 2. The van der Waals surface area contributed by atoms with Gasteiger partial charge in [-0.15, -0.1) is 11.8 Å². The average molecular weight is 527 g/mol. The molecule has 3 rings (SSSR count). The van der Waals surface area contributed by atoms with Gasteiger partial charge in [0.05, 0.1) is 18.5 Å². The normalized spacial score (nSPS) is 19.2. The van der Waals surface area contributed by atoms with Crippen molar-refractivity contribution < 1.29 is 43.0 Å². The zero-order valence-corrected chi connectivity index (χ0v) is 21.4. The number of primary amides is 1. The third kappa shape index (κ3) is 7.24. The lowest BCUT2D eigenvalue weighted by Crippen LogP contribution is -2.71. The van der Waals surface area contributed by atoms with Crippen molar-refractivity contribution in [3.8, 4) is 0 Å². The Kier molecular flexibility index (Phi) is 10.3. The lowest BCUT2D eigenvalue weighted by molar-refractivity contribution is -0.150. The summed E-state index contributed by atoms with van der Waals surface area (Å²) < 4.78 is 15.0. The van der Waals surface area contributed by atoms with E-state index >= 15 is 0 Å². The molecule has 0 saturated carbocycles. The summed E-state index contributed by atoms with van der Waals surface area (Å²) in [5.41, 5.74) is 4.68. The summed E-state index contributed by atoms with van der Waals surface area (Å²) in [7, 11) is 1.25. The van der Waals surface area contributed by atoms with Crippen molar-refractivity contribution in [3.05, 3.63) is 35.4 Å². The smallest absolute Gasteiger partial charge is 0.404 e. The summed E-state index contributed by atoms with van der Waals surface area (Å²) in [6, 6.07) is 2.08. The maximum absolute atomic E-state index is 12.6. The number of furan rings is 1. The Hall–Kier alpha value is -3.52. The summed E-state index contributed by atoms with van der Waals surface area (Å²) in [5, 5.41) is 15.0. The van der Waals surface area contributed by atoms with Gasteiger partial charge in [0, 0.05) is 11.3 Å². The predicted molar refractivity (Wildman–Crippen MR) is 129 cm³/mol. The largest absolute Gasteiger partial charge is 0.477 e. The van der Waals surface area contributed by atoms with Gasteiger partial charge in [-0.1, -0.05) is 5.16 Å². The molecule has 1 fully saturated rings. The number of oxime groups is 1. The molecule has 0 aromatic carbocycles. The van der Waals surface area contributed by atoms with Gasteiger partial charge in [-0.2, -0.15) is 0 Å². The molecule has 36 heavy (non-hydrogen) atoms. The van der Waals surface area contributed by atoms with Gasteiger partial charge in [0.2, 0.25) is 5.71 Å². The van der Waals surface area contributed by atoms with Crippen LogP contribution in [0.4, 0.5) is 4.79 Å². The number of fused-ring (bicyclic) bond motifs is 1. The topological polar surface area (TPSA) is 183 Å². The average Bonchev–Trinajstić information content (AvgIpc) is 3.32. The zero-order chi connectivity index (χ0) is 27.0. The summed E-state index contributed by atoms with van der Waals surface area (Å²) in [6.45, 7) is 7.82. The number of rotatable bonds is 9. The fourth-order valence-corrected chi connectivity index (χ4v) is 4.74. The number of nitrogens with two attached hydrogens (primary N) is 1. The van der Waals surface area contributed by atoms with Crippen LogP contribution in [-0.2, 0) is 28.7 Å². The minimum absolute atomic E-state index is 0.140. The molecule has 0 aliphatic carbocycles. The highest BCUT2D eigenvalue weighted by molar-refractivity contribution is 8.00. The Labute approximate surface area is 212 Å². The Balaban J connectivity index is 0.000000572. The number of carboxylic acids is 1. The summed E-state index contributed by atoms with van der Waals surface area (Å²) in [5.74, 6) is -2.38. The molecule has 198 valence electrons. The van der Waals surface area contributed by atoms with Crippen LogP contribution in [0.25, 0.3) is 0 Å². The van der Waals surface area contributed by atoms with Crippen molar-refractivity contribution >= 4 is 41.4 Å². The van der Waals surface area contributed by atoms with Crippen molar-refractivity contribution in [2.45, 2.75) is 51.3 Å². The number of carboxylic acid groups (broad SMARTS) is 1. The highest BCUT2D eigenvalue weighted by atomic mass is 32.2. The van der Waals surface area contributed by atoms with E-state index in [-0.39, 0.29) is 35.1 Å². The molecule has 0 spiro atoms. The molecule has 0 unspecified atom stereocenters. The zero-order valence-electron chi connectivity index (χ0n) is 20.5. The first kappa shape index (κ1) is 28.7. The van der Waals surface area contributed by atoms with Gasteiger partial charge in [-0.25, -0.2) is 9.59 Å². The van der Waals surface area contributed by atoms with Gasteiger partial charge < -0.3 is 34.9 Å². The van der Waals surface area contributed by atoms with Crippen molar-refractivity contribution in [1.82, 2.24) is 10.2 Å². The Morgan fingerprint density at radius 2 is 1.97 bits per heavy atom. The highest BCUT2D eigenvalue weighted by Crippen LogP contribution is 2.40. The van der Waals surface area contributed by atoms with Crippen LogP contribution in [-0.4, -0.2) is 82.7 Å². The van der Waals surface area contributed by atoms with Gasteiger partial charge in [-0.3, -0.25) is 14.5 Å². The van der Waals surface area contributed by atoms with E-state index < -0.39 is 35.3 Å². The van der Waals surface area contributed by atoms with Crippen LogP contribution in [0.15, 0.2) is 39.2 Å². The maximum atomic E-state index is 12.6. The van der Waals surface area contributed by atoms with Crippen LogP contribution in [0, 0.1) is 0 Å². The van der Waals surface area contributed by atoms with Gasteiger partial charge in [-0.05, 0) is 39.8 Å². The summed E-state index contributed by atoms with van der Waals surface area (Å²) in [6.07, 6.45) is 1.04. The third-order valence-corrected chi connectivity index (χ3v) is 5.96. The van der Waals surface area contributed by atoms with Crippen LogP contribution >= 0.6 is 11.8 Å². The molecule has 0 radical (unpaired) electrons. The molecule has 3 heterocycles. The lowest BCUT2D eigenvalue weighted by Gasteiger charge is -2.49. The standard InChI is InChI=1S/C16H16N4O8S.C6H14O/c1-26-19-9(8-3-2-4-27-8)12(21)18-10-13(22)20-11(15(23)24)7(5-28-16(17)25)6-29-14(10)20;1-5(2)7-6(3)4/h2-4,10,14H,5-6H2,1H3,(H2,17,25)(H,18,21)(H,23,24);5-6H,1-4H3/b19-9+;/t10-,14-;/m1./s1. The van der Waals surface area contributed by atoms with E-state index in [2.05, 4.69) is 20.0 Å². The van der Waals surface area contributed by atoms with Gasteiger partial charge >= 0.3 is 12.1 Å². The SMILES string of the molecule is CC(C)OC(C)C.CO/N=C(/C(=O)N[C@@H]1C(=O)N2C(C(=O)O)=C(COC(N)=O)CS[C@H]12)c1ccco1. The van der Waals surface area contributed by atoms with Crippen LogP contribution in [0.1, 0.15) is 33.5 Å². The second-order valence-corrected chi connectivity index (χ2v) is 9.16. The Bertz CT molecular complexity index is 1010. The van der Waals surface area contributed by atoms with E-state index in [0.29, 0.717) is 12.2 Å². The van der Waals surface area contributed by atoms with Gasteiger partial charge in [0.25, 0.3) is 11.8 Å². The number of β-lactam (4-membered cyclic amide) rings is 1. The molecule has 3 amide bonds. The molecule has 0 bridgehead atoms. The monoisotopic (exact) mass is 526 g/mol. The van der Waals surface area contributed by atoms with Crippen molar-refractivity contribution in [2.75, 3.05) is 19.5 Å². The number of nitrogens with zero attached hydrogens (tertiary/aromatic N) is 2. The molecule has 2 aliphatic heterocycles. The van der Waals surface area contributed by atoms with E-state index in [1.54, 1.807) is 6.07 Å². The van der Waals surface area contributed by atoms with E-state index in [0.717, 1.165) is 4.90 Å². The molecule has 1 saturated heterocycles. The second-order valence-electron chi connectivity index (χ2n) is 8.06. The fourth-order valence-electron chi connectivity index (χ4n) is 3.41. The van der Waals surface area contributed by atoms with E-state index in [1.165, 1.54) is 31.2 Å². The number of aliphatic carboxylic acids is 1. The molecule has 1 aromatic heterocycles. The van der Waals surface area contributed by atoms with Crippen LogP contribution in [0.5, 0.6) is 0 Å². The lowest BCUT2D eigenvalue weighted by atomic mass is 10.0. The van der Waals surface area contributed by atoms with Gasteiger partial charge in [0.1, 0.15) is 30.8 Å². The van der Waals surface area contributed by atoms with Crippen LogP contribution < -0.4 is 11.1 Å². The molecule has 2 atom stereocenters. The first-order chi connectivity index (χ1) is 17.0. The number of amides is 3. The minimum atomic E-state index is -1.35. The Morgan fingerprint density at radius 1 is 1.31 bits per heavy atom. The van der Waals surface area contributed by atoms with E-state index in [4.69, 9.17) is 14.9 Å². The third-order valence-electron chi connectivity index (χ3n) is 4.62. The van der Waals surface area contributed by atoms with E-state index in [1.807, 2.05) is 27.7 Å². The fraction of sp³-hybridized carbons (Fsp3) is 0.500. The predicted octanol–water partition coefficient (Wildman–Crippen LogP) is 1.28. The first-order valence-corrected chi connectivity index (χ1v) is 12.0. The summed E-state index contributed by atoms with van der Waals surface area (Å²) in [4.78, 5) is 53.3. The maximum Gasteiger partial charge on any atom is 0.404 e. The molecule has 13 nitrogen and oxygen atoms in total. The number of nitrogens with one attached hydrogen (secondary N) is 1. The highest BCUT2D eigenvalue weighted by Gasteiger charge is 2.54. The van der Waals surface area contributed by atoms with Crippen molar-refractivity contribution in [1.29, 1.82) is 0 Å². The van der Waals surface area contributed by atoms with Crippen LogP contribution in [0.3, 0.4) is 0 Å². The van der Waals surface area contributed by atoms with Crippen LogP contribution in [0.2, 0.25) is 0 Å². The van der Waals surface area contributed by atoms with E-state index in [9.17, 15) is 24.3 Å². The molecule has 1 aromatic rings. The summed E-state index contributed by atoms with van der Waals surface area (Å²) >= 11 is 1.21. The molecule has 2 aliphatic rings. The number of carbonyl (C=O) groups excluding carboxylic acids is 3. The molecular weight excluding hydrogens is 496 g/mol. The van der Waals surface area contributed by atoms with Crippen molar-refractivity contribution in [2.24, 2.45) is 10.9 Å². The Morgan fingerprint density at radius 3 is 2.44 bits per heavy atom. The molecule has 4 N–H and O–H groups in total. The molecular formula is C22H30N4O9S.